The van der Waals surface area contributed by atoms with Crippen molar-refractivity contribution < 1.29 is 14.3 Å². The minimum atomic E-state index is 0.0417. The van der Waals surface area contributed by atoms with Gasteiger partial charge in [0.15, 0.2) is 0 Å². The van der Waals surface area contributed by atoms with E-state index in [-0.39, 0.29) is 23.8 Å². The van der Waals surface area contributed by atoms with Gasteiger partial charge in [-0.3, -0.25) is 9.59 Å². The normalized spacial score (nSPS) is 22.7. The summed E-state index contributed by atoms with van der Waals surface area (Å²) in [6.45, 7) is 11.2. The highest BCUT2D eigenvalue weighted by atomic mass is 16.5. The molecular formula is C21H39N3O3. The first-order valence-corrected chi connectivity index (χ1v) is 10.8. The maximum absolute atomic E-state index is 12.6. The van der Waals surface area contributed by atoms with Crippen LogP contribution >= 0.6 is 0 Å². The molecule has 2 aliphatic rings. The molecule has 2 fully saturated rings. The molecule has 0 aromatic heterocycles. The van der Waals surface area contributed by atoms with E-state index in [0.717, 1.165) is 32.4 Å². The van der Waals surface area contributed by atoms with Crippen molar-refractivity contribution in [3.63, 3.8) is 0 Å². The van der Waals surface area contributed by atoms with Crippen molar-refractivity contribution in [3.05, 3.63) is 0 Å². The van der Waals surface area contributed by atoms with Gasteiger partial charge in [0.2, 0.25) is 11.8 Å². The summed E-state index contributed by atoms with van der Waals surface area (Å²) in [6.07, 6.45) is 5.71. The van der Waals surface area contributed by atoms with Crippen molar-refractivity contribution in [2.75, 3.05) is 39.3 Å². The summed E-state index contributed by atoms with van der Waals surface area (Å²) in [7, 11) is 0. The van der Waals surface area contributed by atoms with Crippen molar-refractivity contribution in [2.24, 2.45) is 17.8 Å². The van der Waals surface area contributed by atoms with Crippen molar-refractivity contribution in [1.29, 1.82) is 0 Å². The largest absolute Gasteiger partial charge is 0.379 e. The quantitative estimate of drug-likeness (QED) is 0.601. The van der Waals surface area contributed by atoms with Crippen LogP contribution in [0.5, 0.6) is 0 Å². The zero-order chi connectivity index (χ0) is 19.6. The average Bonchev–Trinajstić information content (AvgIpc) is 2.68. The first kappa shape index (κ1) is 22.2. The Labute approximate surface area is 164 Å². The van der Waals surface area contributed by atoms with Crippen LogP contribution in [0.3, 0.4) is 0 Å². The molecule has 2 heterocycles. The van der Waals surface area contributed by atoms with Gasteiger partial charge in [0.25, 0.3) is 0 Å². The van der Waals surface area contributed by atoms with E-state index in [1.807, 2.05) is 18.7 Å². The molecule has 156 valence electrons. The topological polar surface area (TPSA) is 70.7 Å². The first-order chi connectivity index (χ1) is 13.0. The van der Waals surface area contributed by atoms with Gasteiger partial charge in [-0.05, 0) is 70.9 Å². The third-order valence-corrected chi connectivity index (χ3v) is 5.93. The number of nitrogens with zero attached hydrogens (tertiary/aromatic N) is 1. The zero-order valence-electron chi connectivity index (χ0n) is 17.5. The van der Waals surface area contributed by atoms with Gasteiger partial charge in [0.1, 0.15) is 0 Å². The molecule has 2 N–H and O–H groups in total. The molecule has 2 amide bonds. The number of rotatable bonds is 9. The Kier molecular flexibility index (Phi) is 9.56. The van der Waals surface area contributed by atoms with Crippen molar-refractivity contribution in [3.8, 4) is 0 Å². The van der Waals surface area contributed by atoms with E-state index in [1.165, 1.54) is 12.8 Å². The van der Waals surface area contributed by atoms with Gasteiger partial charge in [-0.1, -0.05) is 6.92 Å². The Morgan fingerprint density at radius 2 is 1.93 bits per heavy atom. The Morgan fingerprint density at radius 1 is 1.19 bits per heavy atom. The molecule has 0 radical (unpaired) electrons. The van der Waals surface area contributed by atoms with Gasteiger partial charge < -0.3 is 20.3 Å². The van der Waals surface area contributed by atoms with Crippen LogP contribution in [0.25, 0.3) is 0 Å². The van der Waals surface area contributed by atoms with E-state index >= 15 is 0 Å². The number of likely N-dealkylation sites (tertiary alicyclic amines) is 1. The molecular weight excluding hydrogens is 342 g/mol. The SMILES string of the molecule is CC(C)OCCCNC(=O)C1CCN(C(=O)CC(C)C2CCCNC2)CC1. The molecule has 2 atom stereocenters. The lowest BCUT2D eigenvalue weighted by Crippen LogP contribution is -2.44. The number of amides is 2. The molecule has 27 heavy (non-hydrogen) atoms. The van der Waals surface area contributed by atoms with E-state index in [9.17, 15) is 9.59 Å². The number of hydrogen-bond acceptors (Lipinski definition) is 4. The van der Waals surface area contributed by atoms with Gasteiger partial charge in [0.05, 0.1) is 6.10 Å². The lowest BCUT2D eigenvalue weighted by Gasteiger charge is -2.34. The number of nitrogens with one attached hydrogen (secondary N) is 2. The highest BCUT2D eigenvalue weighted by molar-refractivity contribution is 5.80. The Hall–Kier alpha value is -1.14. The van der Waals surface area contributed by atoms with Crippen molar-refractivity contribution >= 4 is 11.8 Å². The van der Waals surface area contributed by atoms with Crippen LogP contribution in [0.15, 0.2) is 0 Å². The van der Waals surface area contributed by atoms with Crippen LogP contribution in [-0.4, -0.2) is 62.1 Å². The van der Waals surface area contributed by atoms with Crippen LogP contribution in [-0.2, 0) is 14.3 Å². The monoisotopic (exact) mass is 381 g/mol. The fourth-order valence-corrected chi connectivity index (χ4v) is 4.07. The lowest BCUT2D eigenvalue weighted by atomic mass is 9.85. The van der Waals surface area contributed by atoms with Crippen LogP contribution in [0.1, 0.15) is 59.3 Å². The Bertz CT molecular complexity index is 456. The summed E-state index contributed by atoms with van der Waals surface area (Å²) >= 11 is 0. The zero-order valence-corrected chi connectivity index (χ0v) is 17.5. The third kappa shape index (κ3) is 7.78. The molecule has 0 aromatic rings. The van der Waals surface area contributed by atoms with Crippen LogP contribution < -0.4 is 10.6 Å². The van der Waals surface area contributed by atoms with Crippen LogP contribution in [0.4, 0.5) is 0 Å². The predicted molar refractivity (Wildman–Crippen MR) is 107 cm³/mol. The second-order valence-corrected chi connectivity index (χ2v) is 8.51. The molecule has 0 spiro atoms. The highest BCUT2D eigenvalue weighted by Gasteiger charge is 2.29. The van der Waals surface area contributed by atoms with Gasteiger partial charge in [-0.25, -0.2) is 0 Å². The lowest BCUT2D eigenvalue weighted by molar-refractivity contribution is -0.136. The summed E-state index contributed by atoms with van der Waals surface area (Å²) in [5.74, 6) is 1.48. The van der Waals surface area contributed by atoms with Crippen LogP contribution in [0.2, 0.25) is 0 Å². The highest BCUT2D eigenvalue weighted by Crippen LogP contribution is 2.25. The van der Waals surface area contributed by atoms with Crippen LogP contribution in [0, 0.1) is 17.8 Å². The standard InChI is InChI=1S/C21H39N3O3/c1-16(2)27-13-5-10-23-21(26)18-7-11-24(12-8-18)20(25)14-17(3)19-6-4-9-22-15-19/h16-19,22H,4-15H2,1-3H3,(H,23,26). The molecule has 6 heteroatoms. The second kappa shape index (κ2) is 11.6. The van der Waals surface area contributed by atoms with E-state index in [4.69, 9.17) is 4.74 Å². The number of ether oxygens (including phenoxy) is 1. The molecule has 2 unspecified atom stereocenters. The Morgan fingerprint density at radius 3 is 2.56 bits per heavy atom. The van der Waals surface area contributed by atoms with Gasteiger partial charge >= 0.3 is 0 Å². The molecule has 0 aliphatic carbocycles. The fourth-order valence-electron chi connectivity index (χ4n) is 4.07. The van der Waals surface area contributed by atoms with E-state index in [0.29, 0.717) is 44.5 Å². The summed E-state index contributed by atoms with van der Waals surface area (Å²) in [4.78, 5) is 26.9. The molecule has 0 saturated carbocycles. The number of carbonyl (C=O) groups excluding carboxylic acids is 2. The summed E-state index contributed by atoms with van der Waals surface area (Å²) < 4.78 is 5.49. The molecule has 0 bridgehead atoms. The summed E-state index contributed by atoms with van der Waals surface area (Å²) in [5.41, 5.74) is 0. The average molecular weight is 382 g/mol. The summed E-state index contributed by atoms with van der Waals surface area (Å²) in [5, 5.41) is 6.46. The maximum atomic E-state index is 12.6. The van der Waals surface area contributed by atoms with Crippen molar-refractivity contribution in [1.82, 2.24) is 15.5 Å². The number of carbonyl (C=O) groups is 2. The number of piperidine rings is 2. The van der Waals surface area contributed by atoms with Gasteiger partial charge in [-0.2, -0.15) is 0 Å². The molecule has 6 nitrogen and oxygen atoms in total. The van der Waals surface area contributed by atoms with Gasteiger partial charge in [0, 0.05) is 38.6 Å². The predicted octanol–water partition coefficient (Wildman–Crippen LogP) is 2.18. The third-order valence-electron chi connectivity index (χ3n) is 5.93. The van der Waals surface area contributed by atoms with Gasteiger partial charge in [-0.15, -0.1) is 0 Å². The molecule has 2 aliphatic heterocycles. The smallest absolute Gasteiger partial charge is 0.223 e. The minimum Gasteiger partial charge on any atom is -0.379 e. The van der Waals surface area contributed by atoms with E-state index in [2.05, 4.69) is 17.6 Å². The molecule has 2 saturated heterocycles. The number of hydrogen-bond donors (Lipinski definition) is 2. The second-order valence-electron chi connectivity index (χ2n) is 8.51. The molecule has 2 rings (SSSR count). The van der Waals surface area contributed by atoms with Crippen molar-refractivity contribution in [2.45, 2.75) is 65.4 Å². The first-order valence-electron chi connectivity index (χ1n) is 10.8. The fraction of sp³-hybridized carbons (Fsp3) is 0.905. The Balaban J connectivity index is 1.62. The summed E-state index contributed by atoms with van der Waals surface area (Å²) in [6, 6.07) is 0. The van der Waals surface area contributed by atoms with E-state index < -0.39 is 0 Å². The van der Waals surface area contributed by atoms with E-state index in [1.54, 1.807) is 0 Å². The maximum Gasteiger partial charge on any atom is 0.223 e. The minimum absolute atomic E-state index is 0.0417. The molecule has 0 aromatic carbocycles.